The molecule has 2 aromatic carbocycles. The van der Waals surface area contributed by atoms with Crippen LogP contribution in [0.5, 0.6) is 0 Å². The van der Waals surface area contributed by atoms with E-state index in [0.29, 0.717) is 29.7 Å². The molecule has 0 N–H and O–H groups in total. The molecule has 28 heavy (non-hydrogen) atoms. The number of sulfonamides is 1. The van der Waals surface area contributed by atoms with Crippen molar-refractivity contribution >= 4 is 33.2 Å². The van der Waals surface area contributed by atoms with Crippen LogP contribution < -0.4 is 4.31 Å². The molecule has 1 aliphatic rings. The van der Waals surface area contributed by atoms with Crippen molar-refractivity contribution in [3.8, 4) is 0 Å². The average molecular weight is 421 g/mol. The molecule has 0 spiro atoms. The summed E-state index contributed by atoms with van der Waals surface area (Å²) in [5, 5.41) is 0.463. The normalized spacial score (nSPS) is 17.4. The minimum absolute atomic E-state index is 0.145. The van der Waals surface area contributed by atoms with Crippen LogP contribution >= 0.6 is 11.6 Å². The van der Waals surface area contributed by atoms with Crippen LogP contribution in [0.1, 0.15) is 25.3 Å². The molecule has 0 aromatic heterocycles. The van der Waals surface area contributed by atoms with Gasteiger partial charge in [-0.05, 0) is 55.5 Å². The van der Waals surface area contributed by atoms with Crippen LogP contribution in [-0.2, 0) is 14.8 Å². The third-order valence-electron chi connectivity index (χ3n) is 5.06. The maximum Gasteiger partial charge on any atom is 0.264 e. The molecule has 1 unspecified atom stereocenters. The Hall–Kier alpha value is -2.05. The maximum absolute atomic E-state index is 13.3. The molecule has 150 valence electrons. The van der Waals surface area contributed by atoms with Gasteiger partial charge in [0.05, 0.1) is 10.6 Å². The first-order chi connectivity index (χ1) is 13.3. The Morgan fingerprint density at radius 1 is 1.21 bits per heavy atom. The van der Waals surface area contributed by atoms with Gasteiger partial charge in [0.2, 0.25) is 5.91 Å². The second-order valence-corrected chi connectivity index (χ2v) is 9.61. The molecule has 1 saturated heterocycles. The molecule has 3 rings (SSSR count). The lowest BCUT2D eigenvalue weighted by Gasteiger charge is -2.33. The first-order valence-electron chi connectivity index (χ1n) is 9.41. The van der Waals surface area contributed by atoms with Crippen LogP contribution in [0.2, 0.25) is 5.02 Å². The Morgan fingerprint density at radius 3 is 2.57 bits per heavy atom. The number of carbonyl (C=O) groups excluding carboxylic acids is 1. The molecule has 1 fully saturated rings. The topological polar surface area (TPSA) is 57.7 Å². The highest BCUT2D eigenvalue weighted by Gasteiger charge is 2.30. The van der Waals surface area contributed by atoms with E-state index < -0.39 is 10.0 Å². The largest absolute Gasteiger partial charge is 0.341 e. The zero-order valence-corrected chi connectivity index (χ0v) is 17.7. The summed E-state index contributed by atoms with van der Waals surface area (Å²) >= 11 is 6.24. The summed E-state index contributed by atoms with van der Waals surface area (Å²) in [6, 6.07) is 13.2. The maximum atomic E-state index is 13.3. The molecular formula is C21H25ClN2O3S. The molecule has 1 atom stereocenters. The summed E-state index contributed by atoms with van der Waals surface area (Å²) in [4.78, 5) is 14.9. The highest BCUT2D eigenvalue weighted by Crippen LogP contribution is 2.28. The van der Waals surface area contributed by atoms with E-state index in [9.17, 15) is 13.2 Å². The van der Waals surface area contributed by atoms with Crippen LogP contribution in [0.25, 0.3) is 0 Å². The zero-order valence-electron chi connectivity index (χ0n) is 16.1. The number of halogens is 1. The fourth-order valence-electron chi connectivity index (χ4n) is 3.41. The summed E-state index contributed by atoms with van der Waals surface area (Å²) in [7, 11) is -3.90. The number of anilines is 1. The third-order valence-corrected chi connectivity index (χ3v) is 7.26. The van der Waals surface area contributed by atoms with Crippen molar-refractivity contribution < 1.29 is 13.2 Å². The Kier molecular flexibility index (Phi) is 6.30. The number of rotatable bonds is 5. The molecule has 2 aromatic rings. The number of aryl methyl sites for hydroxylation is 1. The lowest BCUT2D eigenvalue weighted by Crippen LogP contribution is -2.46. The van der Waals surface area contributed by atoms with Crippen LogP contribution in [0.15, 0.2) is 53.4 Å². The lowest BCUT2D eigenvalue weighted by molar-refractivity contribution is -0.131. The predicted molar refractivity (Wildman–Crippen MR) is 112 cm³/mol. The highest BCUT2D eigenvalue weighted by molar-refractivity contribution is 7.92. The van der Waals surface area contributed by atoms with Crippen LogP contribution in [0, 0.1) is 12.8 Å². The minimum Gasteiger partial charge on any atom is -0.341 e. The molecule has 0 bridgehead atoms. The highest BCUT2D eigenvalue weighted by atomic mass is 35.5. The van der Waals surface area contributed by atoms with Crippen LogP contribution in [-0.4, -0.2) is 38.9 Å². The summed E-state index contributed by atoms with van der Waals surface area (Å²) in [5.74, 6) is 0.230. The summed E-state index contributed by atoms with van der Waals surface area (Å²) in [6.07, 6.45) is 2.03. The number of piperidine rings is 1. The quantitative estimate of drug-likeness (QED) is 0.731. The van der Waals surface area contributed by atoms with Crippen molar-refractivity contribution in [2.24, 2.45) is 5.92 Å². The van der Waals surface area contributed by atoms with E-state index in [2.05, 4.69) is 6.92 Å². The number of likely N-dealkylation sites (tertiary alicyclic amines) is 1. The fourth-order valence-corrected chi connectivity index (χ4v) is 5.01. The van der Waals surface area contributed by atoms with Crippen molar-refractivity contribution in [3.63, 3.8) is 0 Å². The standard InChI is InChI=1S/C21H25ClN2O3S/c1-16-7-6-12-23(14-16)21(25)15-24(18-11-10-17(2)20(22)13-18)28(26,27)19-8-4-3-5-9-19/h3-5,8-11,13,16H,6-7,12,14-15H2,1-2H3. The van der Waals surface area contributed by atoms with E-state index in [1.54, 1.807) is 41.3 Å². The molecule has 0 aliphatic carbocycles. The second kappa shape index (κ2) is 8.53. The van der Waals surface area contributed by atoms with Gasteiger partial charge in [-0.2, -0.15) is 0 Å². The molecule has 7 heteroatoms. The van der Waals surface area contributed by atoms with Gasteiger partial charge in [0.25, 0.3) is 10.0 Å². The first-order valence-corrected chi connectivity index (χ1v) is 11.2. The van der Waals surface area contributed by atoms with Gasteiger partial charge in [0, 0.05) is 18.1 Å². The van der Waals surface area contributed by atoms with Crippen molar-refractivity contribution in [3.05, 3.63) is 59.1 Å². The van der Waals surface area contributed by atoms with Gasteiger partial charge in [0.15, 0.2) is 0 Å². The van der Waals surface area contributed by atoms with Gasteiger partial charge in [-0.1, -0.05) is 42.8 Å². The Bertz CT molecular complexity index is 947. The van der Waals surface area contributed by atoms with Gasteiger partial charge < -0.3 is 4.90 Å². The molecular weight excluding hydrogens is 396 g/mol. The zero-order chi connectivity index (χ0) is 20.3. The Balaban J connectivity index is 1.97. The van der Waals surface area contributed by atoms with Gasteiger partial charge in [-0.3, -0.25) is 9.10 Å². The van der Waals surface area contributed by atoms with E-state index in [1.165, 1.54) is 12.1 Å². The van der Waals surface area contributed by atoms with Gasteiger partial charge >= 0.3 is 0 Å². The summed E-state index contributed by atoms with van der Waals surface area (Å²) in [6.45, 7) is 5.03. The second-order valence-electron chi connectivity index (χ2n) is 7.35. The Morgan fingerprint density at radius 2 is 1.93 bits per heavy atom. The predicted octanol–water partition coefficient (Wildman–Crippen LogP) is 4.10. The molecule has 1 aliphatic heterocycles. The van der Waals surface area contributed by atoms with Crippen LogP contribution in [0.3, 0.4) is 0 Å². The van der Waals surface area contributed by atoms with Gasteiger partial charge in [-0.15, -0.1) is 0 Å². The SMILES string of the molecule is Cc1ccc(N(CC(=O)N2CCCC(C)C2)S(=O)(=O)c2ccccc2)cc1Cl. The van der Waals surface area contributed by atoms with E-state index in [-0.39, 0.29) is 17.3 Å². The smallest absolute Gasteiger partial charge is 0.264 e. The van der Waals surface area contributed by atoms with E-state index in [1.807, 2.05) is 6.92 Å². The number of amides is 1. The first kappa shape index (κ1) is 20.7. The summed E-state index contributed by atoms with van der Waals surface area (Å²) < 4.78 is 27.8. The number of hydrogen-bond acceptors (Lipinski definition) is 3. The van der Waals surface area contributed by atoms with E-state index in [0.717, 1.165) is 22.7 Å². The lowest BCUT2D eigenvalue weighted by atomic mass is 10.0. The van der Waals surface area contributed by atoms with E-state index in [4.69, 9.17) is 11.6 Å². The van der Waals surface area contributed by atoms with Crippen molar-refractivity contribution in [1.29, 1.82) is 0 Å². The van der Waals surface area contributed by atoms with Crippen molar-refractivity contribution in [1.82, 2.24) is 4.90 Å². The minimum atomic E-state index is -3.90. The number of benzene rings is 2. The number of carbonyl (C=O) groups is 1. The van der Waals surface area contributed by atoms with Crippen molar-refractivity contribution in [2.45, 2.75) is 31.6 Å². The third kappa shape index (κ3) is 4.50. The number of nitrogens with zero attached hydrogens (tertiary/aromatic N) is 2. The van der Waals surface area contributed by atoms with E-state index >= 15 is 0 Å². The van der Waals surface area contributed by atoms with Crippen LogP contribution in [0.4, 0.5) is 5.69 Å². The molecule has 0 radical (unpaired) electrons. The Labute approximate surface area is 172 Å². The molecule has 0 saturated carbocycles. The number of hydrogen-bond donors (Lipinski definition) is 0. The molecule has 1 amide bonds. The van der Waals surface area contributed by atoms with Gasteiger partial charge in [0.1, 0.15) is 6.54 Å². The van der Waals surface area contributed by atoms with Gasteiger partial charge in [-0.25, -0.2) is 8.42 Å². The molecule has 1 heterocycles. The fraction of sp³-hybridized carbons (Fsp3) is 0.381. The average Bonchev–Trinajstić information content (AvgIpc) is 2.68. The monoisotopic (exact) mass is 420 g/mol. The molecule has 5 nitrogen and oxygen atoms in total. The summed E-state index contributed by atoms with van der Waals surface area (Å²) in [5.41, 5.74) is 1.23. The van der Waals surface area contributed by atoms with Crippen molar-refractivity contribution in [2.75, 3.05) is 23.9 Å².